The molecule has 2 aromatic carbocycles. The lowest BCUT2D eigenvalue weighted by Crippen LogP contribution is -2.28. The summed E-state index contributed by atoms with van der Waals surface area (Å²) in [5.74, 6) is -0.517. The molecule has 3 rings (SSSR count). The molecule has 0 bridgehead atoms. The third kappa shape index (κ3) is 3.31. The third-order valence-corrected chi connectivity index (χ3v) is 4.19. The number of benzene rings is 2. The van der Waals surface area contributed by atoms with Gasteiger partial charge in [-0.1, -0.05) is 65.7 Å². The number of allylic oxidation sites excluding steroid dienone is 2. The van der Waals surface area contributed by atoms with Crippen LogP contribution in [0, 0.1) is 6.92 Å². The fraction of sp³-hybridized carbons (Fsp3) is 0.100. The van der Waals surface area contributed by atoms with Gasteiger partial charge < -0.3 is 0 Å². The Kier molecular flexibility index (Phi) is 4.63. The number of carbonyl (C=O) groups is 2. The van der Waals surface area contributed by atoms with E-state index in [0.717, 1.165) is 11.1 Å². The number of nitrogens with zero attached hydrogens (tertiary/aromatic N) is 1. The van der Waals surface area contributed by atoms with Gasteiger partial charge in [-0.25, -0.2) is 4.90 Å². The van der Waals surface area contributed by atoms with Gasteiger partial charge in [0.1, 0.15) is 0 Å². The Balaban J connectivity index is 1.84. The zero-order valence-corrected chi connectivity index (χ0v) is 14.0. The number of carbonyl (C=O) groups excluding carboxylic acids is 2. The summed E-state index contributed by atoms with van der Waals surface area (Å²) in [6, 6.07) is 16.8. The standard InChI is InChI=1S/C20H16ClNO2/c1-14-7-10-17(11-8-14)22-19(23)13-16(20(22)24)9-12-18(21)15-5-3-2-4-6-15/h2-12H,13H2,1H3/b16-9+,18-12-. The molecular weight excluding hydrogens is 322 g/mol. The van der Waals surface area contributed by atoms with Crippen molar-refractivity contribution >= 4 is 34.1 Å². The van der Waals surface area contributed by atoms with E-state index in [-0.39, 0.29) is 18.2 Å². The first-order valence-corrected chi connectivity index (χ1v) is 8.00. The molecule has 2 aromatic rings. The Hall–Kier alpha value is -2.65. The van der Waals surface area contributed by atoms with Crippen LogP contribution in [-0.4, -0.2) is 11.8 Å². The topological polar surface area (TPSA) is 37.4 Å². The minimum atomic E-state index is -0.294. The molecule has 1 aliphatic heterocycles. The van der Waals surface area contributed by atoms with Crippen LogP contribution in [0.5, 0.6) is 0 Å². The molecule has 0 saturated carbocycles. The number of aryl methyl sites for hydroxylation is 1. The first kappa shape index (κ1) is 16.2. The fourth-order valence-corrected chi connectivity index (χ4v) is 2.72. The summed E-state index contributed by atoms with van der Waals surface area (Å²) in [4.78, 5) is 25.9. The van der Waals surface area contributed by atoms with E-state index in [1.807, 2.05) is 49.4 Å². The van der Waals surface area contributed by atoms with Crippen LogP contribution in [0.4, 0.5) is 5.69 Å². The van der Waals surface area contributed by atoms with Gasteiger partial charge in [-0.3, -0.25) is 9.59 Å². The second-order valence-electron chi connectivity index (χ2n) is 5.62. The molecule has 0 radical (unpaired) electrons. The van der Waals surface area contributed by atoms with E-state index in [1.165, 1.54) is 4.90 Å². The molecule has 120 valence electrons. The van der Waals surface area contributed by atoms with E-state index >= 15 is 0 Å². The summed E-state index contributed by atoms with van der Waals surface area (Å²) >= 11 is 6.25. The molecule has 0 unspecified atom stereocenters. The number of hydrogen-bond acceptors (Lipinski definition) is 2. The summed E-state index contributed by atoms with van der Waals surface area (Å²) in [5.41, 5.74) is 2.97. The van der Waals surface area contributed by atoms with Crippen molar-refractivity contribution in [2.45, 2.75) is 13.3 Å². The lowest BCUT2D eigenvalue weighted by atomic mass is 10.1. The lowest BCUT2D eigenvalue weighted by molar-refractivity contribution is -0.120. The van der Waals surface area contributed by atoms with Gasteiger partial charge in [0.2, 0.25) is 5.91 Å². The van der Waals surface area contributed by atoms with E-state index in [0.29, 0.717) is 16.3 Å². The summed E-state index contributed by atoms with van der Waals surface area (Å²) in [6.07, 6.45) is 3.38. The van der Waals surface area contributed by atoms with Crippen LogP contribution in [0.25, 0.3) is 5.03 Å². The number of anilines is 1. The van der Waals surface area contributed by atoms with Crippen LogP contribution in [0.1, 0.15) is 17.5 Å². The maximum Gasteiger partial charge on any atom is 0.261 e. The van der Waals surface area contributed by atoms with Crippen LogP contribution in [0.2, 0.25) is 0 Å². The fourth-order valence-electron chi connectivity index (χ4n) is 2.53. The predicted octanol–water partition coefficient (Wildman–Crippen LogP) is 4.46. The zero-order valence-electron chi connectivity index (χ0n) is 13.2. The molecule has 4 heteroatoms. The average molecular weight is 338 g/mol. The highest BCUT2D eigenvalue weighted by atomic mass is 35.5. The minimum absolute atomic E-state index is 0.0855. The molecule has 1 fully saturated rings. The summed E-state index contributed by atoms with van der Waals surface area (Å²) in [5, 5.41) is 0.525. The van der Waals surface area contributed by atoms with Crippen LogP contribution < -0.4 is 4.90 Å². The first-order chi connectivity index (χ1) is 11.6. The zero-order chi connectivity index (χ0) is 17.1. The number of imide groups is 1. The molecule has 1 heterocycles. The molecule has 0 N–H and O–H groups in total. The highest BCUT2D eigenvalue weighted by molar-refractivity contribution is 6.49. The maximum atomic E-state index is 12.5. The number of rotatable bonds is 3. The summed E-state index contributed by atoms with van der Waals surface area (Å²) in [6.45, 7) is 1.96. The highest BCUT2D eigenvalue weighted by Gasteiger charge is 2.34. The van der Waals surface area contributed by atoms with Crippen LogP contribution in [-0.2, 0) is 9.59 Å². The molecule has 3 nitrogen and oxygen atoms in total. The predicted molar refractivity (Wildman–Crippen MR) is 96.6 cm³/mol. The second kappa shape index (κ2) is 6.85. The molecule has 24 heavy (non-hydrogen) atoms. The van der Waals surface area contributed by atoms with Crippen LogP contribution >= 0.6 is 11.6 Å². The van der Waals surface area contributed by atoms with E-state index in [4.69, 9.17) is 11.6 Å². The normalized spacial score (nSPS) is 17.0. The minimum Gasteiger partial charge on any atom is -0.274 e. The number of amides is 2. The second-order valence-corrected chi connectivity index (χ2v) is 6.03. The Morgan fingerprint density at radius 3 is 2.38 bits per heavy atom. The average Bonchev–Trinajstić information content (AvgIpc) is 2.88. The maximum absolute atomic E-state index is 12.5. The molecule has 2 amide bonds. The van der Waals surface area contributed by atoms with Gasteiger partial charge in [0.25, 0.3) is 5.91 Å². The van der Waals surface area contributed by atoms with Crippen molar-refractivity contribution in [1.82, 2.24) is 0 Å². The van der Waals surface area contributed by atoms with Gasteiger partial charge in [0.05, 0.1) is 12.1 Å². The quantitative estimate of drug-likeness (QED) is 0.612. The molecule has 0 atom stereocenters. The van der Waals surface area contributed by atoms with E-state index in [2.05, 4.69) is 0 Å². The largest absolute Gasteiger partial charge is 0.274 e. The van der Waals surface area contributed by atoms with Crippen molar-refractivity contribution in [3.63, 3.8) is 0 Å². The van der Waals surface area contributed by atoms with Crippen molar-refractivity contribution in [3.8, 4) is 0 Å². The summed E-state index contributed by atoms with van der Waals surface area (Å²) < 4.78 is 0. The number of halogens is 1. The number of hydrogen-bond donors (Lipinski definition) is 0. The Morgan fingerprint density at radius 1 is 1.04 bits per heavy atom. The van der Waals surface area contributed by atoms with Gasteiger partial charge >= 0.3 is 0 Å². The Bertz CT molecular complexity index is 836. The van der Waals surface area contributed by atoms with Crippen molar-refractivity contribution in [2.24, 2.45) is 0 Å². The van der Waals surface area contributed by atoms with E-state index < -0.39 is 0 Å². The van der Waals surface area contributed by atoms with Crippen LogP contribution in [0.3, 0.4) is 0 Å². The van der Waals surface area contributed by atoms with Crippen molar-refractivity contribution in [1.29, 1.82) is 0 Å². The van der Waals surface area contributed by atoms with Crippen molar-refractivity contribution < 1.29 is 9.59 Å². The van der Waals surface area contributed by atoms with Crippen molar-refractivity contribution in [2.75, 3.05) is 4.90 Å². The highest BCUT2D eigenvalue weighted by Crippen LogP contribution is 2.27. The molecular formula is C20H16ClNO2. The SMILES string of the molecule is Cc1ccc(N2C(=O)C/C(=C\C=C(/Cl)c3ccccc3)C2=O)cc1. The van der Waals surface area contributed by atoms with E-state index in [9.17, 15) is 9.59 Å². The first-order valence-electron chi connectivity index (χ1n) is 7.62. The van der Waals surface area contributed by atoms with Gasteiger partial charge in [0, 0.05) is 10.6 Å². The van der Waals surface area contributed by atoms with Gasteiger partial charge in [-0.05, 0) is 30.7 Å². The van der Waals surface area contributed by atoms with Crippen molar-refractivity contribution in [3.05, 3.63) is 83.4 Å². The van der Waals surface area contributed by atoms with Gasteiger partial charge in [-0.15, -0.1) is 0 Å². The van der Waals surface area contributed by atoms with Crippen LogP contribution in [0.15, 0.2) is 72.3 Å². The molecule has 0 spiro atoms. The van der Waals surface area contributed by atoms with Gasteiger partial charge in [0.15, 0.2) is 0 Å². The monoisotopic (exact) mass is 337 g/mol. The smallest absolute Gasteiger partial charge is 0.261 e. The summed E-state index contributed by atoms with van der Waals surface area (Å²) in [7, 11) is 0. The van der Waals surface area contributed by atoms with E-state index in [1.54, 1.807) is 24.3 Å². The molecule has 1 saturated heterocycles. The van der Waals surface area contributed by atoms with Gasteiger partial charge in [-0.2, -0.15) is 0 Å². The third-order valence-electron chi connectivity index (χ3n) is 3.84. The molecule has 1 aliphatic rings. The Morgan fingerprint density at radius 2 is 1.71 bits per heavy atom. The Labute approximate surface area is 145 Å². The lowest BCUT2D eigenvalue weighted by Gasteiger charge is -2.13. The molecule has 0 aliphatic carbocycles. The molecule has 0 aromatic heterocycles.